The smallest absolute Gasteiger partial charge is 0.317 e. The standard InChI is InChI=1S/C20H31N3O2/c1-4-15-7-9-17(10-8-15)20(2,3)14-22-19(25)23-11-5-6-16(13-23)12-18(21)24/h7-10,16H,4-6,11-14H2,1-3H3,(H2,21,24)(H,22,25). The Morgan fingerprint density at radius 2 is 1.96 bits per heavy atom. The molecule has 1 heterocycles. The molecule has 0 spiro atoms. The number of rotatable bonds is 6. The number of nitrogens with two attached hydrogens (primary N) is 1. The zero-order valence-corrected chi connectivity index (χ0v) is 15.7. The molecule has 5 heteroatoms. The van der Waals surface area contributed by atoms with Gasteiger partial charge in [-0.1, -0.05) is 45.0 Å². The van der Waals surface area contributed by atoms with Gasteiger partial charge >= 0.3 is 6.03 Å². The van der Waals surface area contributed by atoms with E-state index in [0.717, 1.165) is 25.8 Å². The van der Waals surface area contributed by atoms with Crippen molar-refractivity contribution in [1.82, 2.24) is 10.2 Å². The average Bonchev–Trinajstić information content (AvgIpc) is 2.59. The first-order valence-corrected chi connectivity index (χ1v) is 9.22. The van der Waals surface area contributed by atoms with Crippen LogP contribution >= 0.6 is 0 Å². The van der Waals surface area contributed by atoms with E-state index >= 15 is 0 Å². The van der Waals surface area contributed by atoms with Crippen molar-refractivity contribution in [3.8, 4) is 0 Å². The number of hydrogen-bond donors (Lipinski definition) is 2. The van der Waals surface area contributed by atoms with Crippen molar-refractivity contribution in [3.05, 3.63) is 35.4 Å². The van der Waals surface area contributed by atoms with Crippen molar-refractivity contribution < 1.29 is 9.59 Å². The molecule has 1 aliphatic rings. The quantitative estimate of drug-likeness (QED) is 0.832. The molecule has 1 fully saturated rings. The van der Waals surface area contributed by atoms with Gasteiger partial charge in [-0.3, -0.25) is 4.79 Å². The molecule has 1 atom stereocenters. The molecule has 0 aliphatic carbocycles. The van der Waals surface area contributed by atoms with E-state index in [0.29, 0.717) is 19.5 Å². The summed E-state index contributed by atoms with van der Waals surface area (Å²) >= 11 is 0. The highest BCUT2D eigenvalue weighted by molar-refractivity contribution is 5.75. The Morgan fingerprint density at radius 3 is 2.56 bits per heavy atom. The third kappa shape index (κ3) is 5.48. The molecule has 0 bridgehead atoms. The maximum atomic E-state index is 12.5. The summed E-state index contributed by atoms with van der Waals surface area (Å²) in [6, 6.07) is 8.55. The van der Waals surface area contributed by atoms with Crippen LogP contribution in [0.15, 0.2) is 24.3 Å². The molecule has 25 heavy (non-hydrogen) atoms. The Bertz CT molecular complexity index is 595. The number of piperidine rings is 1. The van der Waals surface area contributed by atoms with Crippen LogP contribution in [0.4, 0.5) is 4.79 Å². The monoisotopic (exact) mass is 345 g/mol. The predicted molar refractivity (Wildman–Crippen MR) is 100 cm³/mol. The minimum atomic E-state index is -0.288. The summed E-state index contributed by atoms with van der Waals surface area (Å²) in [6.07, 6.45) is 3.27. The highest BCUT2D eigenvalue weighted by Crippen LogP contribution is 2.23. The Hall–Kier alpha value is -2.04. The molecule has 3 amide bonds. The second-order valence-corrected chi connectivity index (χ2v) is 7.72. The van der Waals surface area contributed by atoms with Crippen LogP contribution in [-0.4, -0.2) is 36.5 Å². The number of amides is 3. The van der Waals surface area contributed by atoms with Crippen molar-refractivity contribution in [2.24, 2.45) is 11.7 Å². The van der Waals surface area contributed by atoms with Crippen LogP contribution in [0.25, 0.3) is 0 Å². The lowest BCUT2D eigenvalue weighted by molar-refractivity contribution is -0.119. The van der Waals surface area contributed by atoms with Gasteiger partial charge in [0.1, 0.15) is 0 Å². The summed E-state index contributed by atoms with van der Waals surface area (Å²) in [7, 11) is 0. The Morgan fingerprint density at radius 1 is 1.28 bits per heavy atom. The number of urea groups is 1. The van der Waals surface area contributed by atoms with Crippen molar-refractivity contribution in [2.45, 2.75) is 51.9 Å². The van der Waals surface area contributed by atoms with Crippen LogP contribution < -0.4 is 11.1 Å². The maximum absolute atomic E-state index is 12.5. The third-order valence-corrected chi connectivity index (χ3v) is 5.12. The first-order valence-electron chi connectivity index (χ1n) is 9.22. The maximum Gasteiger partial charge on any atom is 0.317 e. The second kappa shape index (κ2) is 8.37. The van der Waals surface area contributed by atoms with Gasteiger partial charge in [0, 0.05) is 31.5 Å². The van der Waals surface area contributed by atoms with Gasteiger partial charge in [0.05, 0.1) is 0 Å². The van der Waals surface area contributed by atoms with E-state index in [1.54, 1.807) is 0 Å². The molecule has 0 radical (unpaired) electrons. The predicted octanol–water partition coefficient (Wildman–Crippen LogP) is 2.82. The molecule has 2 rings (SSSR count). The number of benzene rings is 1. The summed E-state index contributed by atoms with van der Waals surface area (Å²) in [5.41, 5.74) is 7.69. The second-order valence-electron chi connectivity index (χ2n) is 7.72. The van der Waals surface area contributed by atoms with E-state index in [1.807, 2.05) is 4.90 Å². The molecule has 1 aromatic carbocycles. The van der Waals surface area contributed by atoms with E-state index in [-0.39, 0.29) is 23.3 Å². The van der Waals surface area contributed by atoms with E-state index < -0.39 is 0 Å². The zero-order chi connectivity index (χ0) is 18.4. The molecule has 1 saturated heterocycles. The largest absolute Gasteiger partial charge is 0.370 e. The Kier molecular flexibility index (Phi) is 6.45. The summed E-state index contributed by atoms with van der Waals surface area (Å²) < 4.78 is 0. The van der Waals surface area contributed by atoms with Crippen molar-refractivity contribution in [1.29, 1.82) is 0 Å². The van der Waals surface area contributed by atoms with E-state index in [4.69, 9.17) is 5.73 Å². The number of nitrogens with one attached hydrogen (secondary N) is 1. The van der Waals surface area contributed by atoms with Gasteiger partial charge < -0.3 is 16.0 Å². The number of primary amides is 1. The zero-order valence-electron chi connectivity index (χ0n) is 15.7. The van der Waals surface area contributed by atoms with E-state index in [1.165, 1.54) is 11.1 Å². The Labute approximate surface area is 151 Å². The number of likely N-dealkylation sites (tertiary alicyclic amines) is 1. The van der Waals surface area contributed by atoms with Gasteiger partial charge in [0.25, 0.3) is 0 Å². The van der Waals surface area contributed by atoms with E-state index in [2.05, 4.69) is 50.4 Å². The minimum Gasteiger partial charge on any atom is -0.370 e. The lowest BCUT2D eigenvalue weighted by atomic mass is 9.84. The molecule has 0 aromatic heterocycles. The van der Waals surface area contributed by atoms with Crippen molar-refractivity contribution in [3.63, 3.8) is 0 Å². The summed E-state index contributed by atoms with van der Waals surface area (Å²) in [5.74, 6) is -0.101. The minimum absolute atomic E-state index is 0.0487. The van der Waals surface area contributed by atoms with Crippen molar-refractivity contribution in [2.75, 3.05) is 19.6 Å². The van der Waals surface area contributed by atoms with Crippen LogP contribution in [0.5, 0.6) is 0 Å². The Balaban J connectivity index is 1.90. The molecular weight excluding hydrogens is 314 g/mol. The fraction of sp³-hybridized carbons (Fsp3) is 0.600. The number of aryl methyl sites for hydroxylation is 1. The van der Waals surface area contributed by atoms with Gasteiger partial charge in [-0.15, -0.1) is 0 Å². The molecule has 1 aromatic rings. The molecule has 1 unspecified atom stereocenters. The van der Waals surface area contributed by atoms with Crippen LogP contribution in [0.2, 0.25) is 0 Å². The van der Waals surface area contributed by atoms with Gasteiger partial charge in [-0.05, 0) is 36.3 Å². The number of hydrogen-bond acceptors (Lipinski definition) is 2. The highest BCUT2D eigenvalue weighted by atomic mass is 16.2. The molecule has 5 nitrogen and oxygen atoms in total. The van der Waals surface area contributed by atoms with Crippen molar-refractivity contribution >= 4 is 11.9 Å². The van der Waals surface area contributed by atoms with Crippen LogP contribution in [-0.2, 0) is 16.6 Å². The first kappa shape index (κ1) is 19.3. The first-order chi connectivity index (χ1) is 11.8. The van der Waals surface area contributed by atoms with Gasteiger partial charge in [-0.2, -0.15) is 0 Å². The molecule has 138 valence electrons. The van der Waals surface area contributed by atoms with E-state index in [9.17, 15) is 9.59 Å². The van der Waals surface area contributed by atoms with Crippen LogP contribution in [0, 0.1) is 5.92 Å². The molecule has 0 saturated carbocycles. The van der Waals surface area contributed by atoms with Crippen LogP contribution in [0.3, 0.4) is 0 Å². The summed E-state index contributed by atoms with van der Waals surface area (Å²) in [5, 5.41) is 3.06. The lowest BCUT2D eigenvalue weighted by Gasteiger charge is -2.34. The summed E-state index contributed by atoms with van der Waals surface area (Å²) in [6.45, 7) is 8.35. The van der Waals surface area contributed by atoms with Gasteiger partial charge in [0.15, 0.2) is 0 Å². The van der Waals surface area contributed by atoms with Gasteiger partial charge in [0.2, 0.25) is 5.91 Å². The fourth-order valence-electron chi connectivity index (χ4n) is 3.40. The molecular formula is C20H31N3O2. The van der Waals surface area contributed by atoms with Crippen LogP contribution in [0.1, 0.15) is 51.2 Å². The lowest BCUT2D eigenvalue weighted by Crippen LogP contribution is -2.48. The molecule has 1 aliphatic heterocycles. The highest BCUT2D eigenvalue weighted by Gasteiger charge is 2.27. The normalized spacial score (nSPS) is 18.0. The third-order valence-electron chi connectivity index (χ3n) is 5.12. The average molecular weight is 345 g/mol. The number of nitrogens with zero attached hydrogens (tertiary/aromatic N) is 1. The SMILES string of the molecule is CCc1ccc(C(C)(C)CNC(=O)N2CCCC(CC(N)=O)C2)cc1. The van der Waals surface area contributed by atoms with Gasteiger partial charge in [-0.25, -0.2) is 4.79 Å². The topological polar surface area (TPSA) is 75.4 Å². The summed E-state index contributed by atoms with van der Waals surface area (Å²) in [4.78, 5) is 25.4. The number of carbonyl (C=O) groups is 2. The number of carbonyl (C=O) groups excluding carboxylic acids is 2. The fourth-order valence-corrected chi connectivity index (χ4v) is 3.40. The molecule has 3 N–H and O–H groups in total.